The van der Waals surface area contributed by atoms with E-state index in [1.54, 1.807) is 13.8 Å². The van der Waals surface area contributed by atoms with E-state index in [0.717, 1.165) is 57.5 Å². The first-order valence-corrected chi connectivity index (χ1v) is 8.62. The van der Waals surface area contributed by atoms with Gasteiger partial charge >= 0.3 is 12.3 Å². The van der Waals surface area contributed by atoms with Crippen molar-refractivity contribution >= 4 is 12.3 Å². The van der Waals surface area contributed by atoms with Crippen molar-refractivity contribution < 1.29 is 28.5 Å². The van der Waals surface area contributed by atoms with E-state index in [2.05, 4.69) is 11.7 Å². The lowest BCUT2D eigenvalue weighted by Gasteiger charge is -2.15. The zero-order valence-electron chi connectivity index (χ0n) is 14.7. The lowest BCUT2D eigenvalue weighted by Crippen LogP contribution is -2.13. The monoisotopic (exact) mass is 331 g/mol. The zero-order chi connectivity index (χ0) is 17.3. The standard InChI is InChI=1S/C17H31O6/c1-4-7-12-15(23-17(19)21-6-3)13-10-8-9-11-14-22-16(18)20-5-2/h4-14H2,1-3H3. The van der Waals surface area contributed by atoms with Crippen molar-refractivity contribution in [2.24, 2.45) is 0 Å². The minimum atomic E-state index is -0.610. The predicted octanol–water partition coefficient (Wildman–Crippen LogP) is 5.01. The van der Waals surface area contributed by atoms with Gasteiger partial charge in [-0.05, 0) is 46.0 Å². The van der Waals surface area contributed by atoms with E-state index in [9.17, 15) is 9.59 Å². The average molecular weight is 331 g/mol. The summed E-state index contributed by atoms with van der Waals surface area (Å²) in [6.07, 6.45) is 6.90. The van der Waals surface area contributed by atoms with Crippen molar-refractivity contribution in [1.29, 1.82) is 0 Å². The van der Waals surface area contributed by atoms with E-state index < -0.39 is 12.3 Å². The Labute approximate surface area is 139 Å². The maximum absolute atomic E-state index is 11.4. The van der Waals surface area contributed by atoms with Crippen LogP contribution in [0.2, 0.25) is 0 Å². The van der Waals surface area contributed by atoms with E-state index in [0.29, 0.717) is 19.8 Å². The zero-order valence-corrected chi connectivity index (χ0v) is 14.7. The molecular weight excluding hydrogens is 300 g/mol. The molecule has 6 nitrogen and oxygen atoms in total. The summed E-state index contributed by atoms with van der Waals surface area (Å²) < 4.78 is 19.6. The molecular formula is C17H31O6. The highest BCUT2D eigenvalue weighted by Crippen LogP contribution is 2.21. The Morgan fingerprint density at radius 3 is 1.96 bits per heavy atom. The van der Waals surface area contributed by atoms with Crippen LogP contribution in [-0.2, 0) is 18.9 Å². The normalized spacial score (nSPS) is 10.4. The molecule has 0 saturated carbocycles. The van der Waals surface area contributed by atoms with E-state index >= 15 is 0 Å². The molecule has 0 unspecified atom stereocenters. The second-order valence-corrected chi connectivity index (χ2v) is 5.12. The van der Waals surface area contributed by atoms with Gasteiger partial charge in [0.15, 0.2) is 6.10 Å². The predicted molar refractivity (Wildman–Crippen MR) is 86.9 cm³/mol. The number of hydrogen-bond acceptors (Lipinski definition) is 6. The Hall–Kier alpha value is -1.46. The molecule has 0 aromatic heterocycles. The molecule has 0 heterocycles. The Morgan fingerprint density at radius 2 is 1.30 bits per heavy atom. The number of carbonyl (C=O) groups excluding carboxylic acids is 2. The molecule has 1 radical (unpaired) electrons. The fraction of sp³-hybridized carbons (Fsp3) is 0.824. The van der Waals surface area contributed by atoms with E-state index in [1.165, 1.54) is 0 Å². The molecule has 23 heavy (non-hydrogen) atoms. The van der Waals surface area contributed by atoms with Gasteiger partial charge in [-0.2, -0.15) is 0 Å². The Morgan fingerprint density at radius 1 is 0.696 bits per heavy atom. The van der Waals surface area contributed by atoms with Crippen molar-refractivity contribution in [3.05, 3.63) is 6.10 Å². The second kappa shape index (κ2) is 15.4. The maximum atomic E-state index is 11.4. The van der Waals surface area contributed by atoms with Crippen LogP contribution >= 0.6 is 0 Å². The fourth-order valence-corrected chi connectivity index (χ4v) is 1.96. The lowest BCUT2D eigenvalue weighted by atomic mass is 10.0. The highest BCUT2D eigenvalue weighted by atomic mass is 16.7. The summed E-state index contributed by atoms with van der Waals surface area (Å²) >= 11 is 0. The van der Waals surface area contributed by atoms with Crippen molar-refractivity contribution in [3.8, 4) is 0 Å². The van der Waals surface area contributed by atoms with E-state index in [-0.39, 0.29) is 0 Å². The molecule has 0 bridgehead atoms. The Balaban J connectivity index is 3.72. The first kappa shape index (κ1) is 21.5. The molecule has 0 aliphatic heterocycles. The number of hydrogen-bond donors (Lipinski definition) is 0. The maximum Gasteiger partial charge on any atom is 0.508 e. The summed E-state index contributed by atoms with van der Waals surface area (Å²) in [7, 11) is 0. The SMILES string of the molecule is CCCC[C](CCCCCCOC(=O)OCC)OC(=O)OCC. The smallest absolute Gasteiger partial charge is 0.435 e. The molecule has 0 rings (SSSR count). The average Bonchev–Trinajstić information content (AvgIpc) is 2.51. The summed E-state index contributed by atoms with van der Waals surface area (Å²) in [6.45, 7) is 6.63. The summed E-state index contributed by atoms with van der Waals surface area (Å²) in [5.41, 5.74) is 0. The van der Waals surface area contributed by atoms with E-state index in [4.69, 9.17) is 14.2 Å². The summed E-state index contributed by atoms with van der Waals surface area (Å²) in [5, 5.41) is 0. The molecule has 135 valence electrons. The third-order valence-corrected chi connectivity index (χ3v) is 3.13. The number of carbonyl (C=O) groups is 2. The van der Waals surface area contributed by atoms with Gasteiger partial charge in [-0.25, -0.2) is 9.59 Å². The second-order valence-electron chi connectivity index (χ2n) is 5.12. The van der Waals surface area contributed by atoms with Crippen molar-refractivity contribution in [3.63, 3.8) is 0 Å². The van der Waals surface area contributed by atoms with Gasteiger partial charge in [0, 0.05) is 0 Å². The number of ether oxygens (including phenoxy) is 4. The molecule has 0 aromatic carbocycles. The Bertz CT molecular complexity index is 305. The summed E-state index contributed by atoms with van der Waals surface area (Å²) in [5.74, 6) is 0. The quantitative estimate of drug-likeness (QED) is 0.349. The van der Waals surface area contributed by atoms with Gasteiger partial charge in [0.1, 0.15) is 0 Å². The number of unbranched alkanes of at least 4 members (excludes halogenated alkanes) is 4. The van der Waals surface area contributed by atoms with Gasteiger partial charge < -0.3 is 18.9 Å². The summed E-state index contributed by atoms with van der Waals surface area (Å²) in [6, 6.07) is 0. The van der Waals surface area contributed by atoms with Crippen LogP contribution in [-0.4, -0.2) is 32.1 Å². The first-order chi connectivity index (χ1) is 11.1. The van der Waals surface area contributed by atoms with Gasteiger partial charge in [0.05, 0.1) is 19.8 Å². The van der Waals surface area contributed by atoms with Crippen LogP contribution in [0.1, 0.15) is 72.1 Å². The topological polar surface area (TPSA) is 71.1 Å². The molecule has 6 heteroatoms. The van der Waals surface area contributed by atoms with Gasteiger partial charge in [-0.15, -0.1) is 0 Å². The van der Waals surface area contributed by atoms with Crippen LogP contribution in [0.4, 0.5) is 9.59 Å². The molecule has 0 aliphatic carbocycles. The van der Waals surface area contributed by atoms with Gasteiger partial charge in [0.2, 0.25) is 0 Å². The summed E-state index contributed by atoms with van der Waals surface area (Å²) in [4.78, 5) is 22.4. The molecule has 0 aliphatic rings. The lowest BCUT2D eigenvalue weighted by molar-refractivity contribution is 0.0566. The molecule has 0 spiro atoms. The Kier molecular flexibility index (Phi) is 14.5. The highest BCUT2D eigenvalue weighted by Gasteiger charge is 2.16. The van der Waals surface area contributed by atoms with Crippen molar-refractivity contribution in [2.75, 3.05) is 19.8 Å². The van der Waals surface area contributed by atoms with Crippen molar-refractivity contribution in [1.82, 2.24) is 0 Å². The molecule has 0 fully saturated rings. The molecule has 0 atom stereocenters. The number of rotatable bonds is 13. The minimum Gasteiger partial charge on any atom is -0.435 e. The largest absolute Gasteiger partial charge is 0.508 e. The third-order valence-electron chi connectivity index (χ3n) is 3.13. The van der Waals surface area contributed by atoms with Crippen LogP contribution in [0, 0.1) is 6.10 Å². The molecule has 0 saturated heterocycles. The molecule has 0 aromatic rings. The van der Waals surface area contributed by atoms with Gasteiger partial charge in [-0.1, -0.05) is 26.2 Å². The van der Waals surface area contributed by atoms with Crippen molar-refractivity contribution in [2.45, 2.75) is 72.1 Å². The minimum absolute atomic E-state index is 0.320. The molecule has 0 N–H and O–H groups in total. The van der Waals surface area contributed by atoms with Crippen LogP contribution in [0.25, 0.3) is 0 Å². The van der Waals surface area contributed by atoms with Gasteiger partial charge in [0.25, 0.3) is 0 Å². The van der Waals surface area contributed by atoms with E-state index in [1.807, 2.05) is 0 Å². The third kappa shape index (κ3) is 13.9. The fourth-order valence-electron chi connectivity index (χ4n) is 1.96. The van der Waals surface area contributed by atoms with Crippen LogP contribution in [0.5, 0.6) is 0 Å². The van der Waals surface area contributed by atoms with Gasteiger partial charge in [-0.3, -0.25) is 0 Å². The van der Waals surface area contributed by atoms with Crippen LogP contribution < -0.4 is 0 Å². The van der Waals surface area contributed by atoms with Crippen LogP contribution in [0.15, 0.2) is 0 Å². The molecule has 0 amide bonds. The highest BCUT2D eigenvalue weighted by molar-refractivity contribution is 5.60. The van der Waals surface area contributed by atoms with Crippen LogP contribution in [0.3, 0.4) is 0 Å². The first-order valence-electron chi connectivity index (χ1n) is 8.62.